The van der Waals surface area contributed by atoms with Crippen LogP contribution in [0.1, 0.15) is 24.1 Å². The van der Waals surface area contributed by atoms with E-state index in [0.717, 1.165) is 5.52 Å². The number of fused-ring (bicyclic) bond motifs is 1. The Kier molecular flexibility index (Phi) is 3.94. The van der Waals surface area contributed by atoms with Gasteiger partial charge in [-0.2, -0.15) is 0 Å². The lowest BCUT2D eigenvalue weighted by molar-refractivity contribution is 0.878. The number of pyridine rings is 1. The third-order valence-electron chi connectivity index (χ3n) is 3.38. The minimum atomic E-state index is 0.243. The number of hydrogen-bond donors (Lipinski definition) is 1. The second-order valence-corrected chi connectivity index (χ2v) is 7.09. The molecule has 2 heterocycles. The molecule has 0 saturated carbocycles. The zero-order valence-corrected chi connectivity index (χ0v) is 14.3. The van der Waals surface area contributed by atoms with Crippen LogP contribution in [-0.4, -0.2) is 4.98 Å². The first kappa shape index (κ1) is 13.8. The van der Waals surface area contributed by atoms with Crippen molar-refractivity contribution in [3.05, 3.63) is 56.6 Å². The van der Waals surface area contributed by atoms with E-state index in [9.17, 15) is 0 Å². The van der Waals surface area contributed by atoms with Crippen LogP contribution in [0.3, 0.4) is 0 Å². The lowest BCUT2D eigenvalue weighted by atomic mass is 10.1. The maximum absolute atomic E-state index is 4.51. The summed E-state index contributed by atoms with van der Waals surface area (Å²) in [7, 11) is 0. The molecule has 0 bridgehead atoms. The summed E-state index contributed by atoms with van der Waals surface area (Å²) in [6.45, 7) is 4.31. The number of aryl methyl sites for hydroxylation is 1. The molecule has 1 unspecified atom stereocenters. The van der Waals surface area contributed by atoms with E-state index in [4.69, 9.17) is 0 Å². The Labute approximate surface area is 136 Å². The first-order valence-corrected chi connectivity index (χ1v) is 8.45. The van der Waals surface area contributed by atoms with Gasteiger partial charge in [0.15, 0.2) is 0 Å². The molecule has 0 fully saturated rings. The van der Waals surface area contributed by atoms with Crippen molar-refractivity contribution in [3.63, 3.8) is 0 Å². The molecule has 0 aliphatic heterocycles. The molecular weight excluding hydrogens is 379 g/mol. The molecule has 3 aromatic rings. The molecule has 0 spiro atoms. The molecule has 0 radical (unpaired) electrons. The summed E-state index contributed by atoms with van der Waals surface area (Å²) in [5.41, 5.74) is 4.76. The van der Waals surface area contributed by atoms with Gasteiger partial charge in [-0.15, -0.1) is 11.3 Å². The Morgan fingerprint density at radius 3 is 2.90 bits per heavy atom. The lowest BCUT2D eigenvalue weighted by Gasteiger charge is -2.17. The third-order valence-corrected chi connectivity index (χ3v) is 4.91. The van der Waals surface area contributed by atoms with Gasteiger partial charge in [0.05, 0.1) is 16.3 Å². The van der Waals surface area contributed by atoms with Crippen molar-refractivity contribution in [2.45, 2.75) is 19.9 Å². The highest BCUT2D eigenvalue weighted by atomic mass is 127. The van der Waals surface area contributed by atoms with Crippen molar-refractivity contribution in [2.24, 2.45) is 0 Å². The van der Waals surface area contributed by atoms with E-state index in [-0.39, 0.29) is 6.04 Å². The summed E-state index contributed by atoms with van der Waals surface area (Å²) in [4.78, 5) is 4.51. The van der Waals surface area contributed by atoms with Gasteiger partial charge < -0.3 is 5.32 Å². The number of nitrogens with zero attached hydrogens (tertiary/aromatic N) is 1. The Morgan fingerprint density at radius 2 is 2.10 bits per heavy atom. The van der Waals surface area contributed by atoms with Gasteiger partial charge in [0.25, 0.3) is 0 Å². The molecule has 0 saturated heterocycles. The summed E-state index contributed by atoms with van der Waals surface area (Å²) in [6, 6.07) is 11.0. The largest absolute Gasteiger partial charge is 0.378 e. The summed E-state index contributed by atoms with van der Waals surface area (Å²) >= 11 is 4.08. The molecule has 1 N–H and O–H groups in total. The quantitative estimate of drug-likeness (QED) is 0.603. The standard InChI is InChI=1S/C16H15IN2S/c1-10-7-13(17)3-4-14(10)19-11(2)12-8-16-15(18-9-12)5-6-20-16/h3-9,11,19H,1-2H3. The van der Waals surface area contributed by atoms with Gasteiger partial charge in [0.2, 0.25) is 0 Å². The summed E-state index contributed by atoms with van der Waals surface area (Å²) in [5.74, 6) is 0. The molecule has 2 nitrogen and oxygen atoms in total. The SMILES string of the molecule is Cc1cc(I)ccc1NC(C)c1cnc2ccsc2c1. The Bertz CT molecular complexity index is 751. The van der Waals surface area contributed by atoms with Crippen LogP contribution in [0.4, 0.5) is 5.69 Å². The molecule has 20 heavy (non-hydrogen) atoms. The van der Waals surface area contributed by atoms with Gasteiger partial charge in [-0.1, -0.05) is 0 Å². The Hall–Kier alpha value is -1.14. The van der Waals surface area contributed by atoms with Crippen molar-refractivity contribution in [3.8, 4) is 0 Å². The molecular formula is C16H15IN2S. The van der Waals surface area contributed by atoms with Crippen molar-refractivity contribution >= 4 is 49.8 Å². The van der Waals surface area contributed by atoms with E-state index >= 15 is 0 Å². The Balaban J connectivity index is 1.86. The van der Waals surface area contributed by atoms with Crippen LogP contribution >= 0.6 is 33.9 Å². The predicted octanol–water partition coefficient (Wildman–Crippen LogP) is 5.38. The lowest BCUT2D eigenvalue weighted by Crippen LogP contribution is -2.08. The monoisotopic (exact) mass is 394 g/mol. The van der Waals surface area contributed by atoms with Gasteiger partial charge in [-0.05, 0) is 83.3 Å². The van der Waals surface area contributed by atoms with Gasteiger partial charge in [-0.3, -0.25) is 4.98 Å². The summed E-state index contributed by atoms with van der Waals surface area (Å²) in [5, 5.41) is 5.66. The molecule has 0 amide bonds. The van der Waals surface area contributed by atoms with E-state index in [0.29, 0.717) is 0 Å². The molecule has 0 aliphatic carbocycles. The molecule has 0 aliphatic rings. The topological polar surface area (TPSA) is 24.9 Å². The van der Waals surface area contributed by atoms with E-state index in [1.54, 1.807) is 11.3 Å². The first-order chi connectivity index (χ1) is 9.63. The van der Waals surface area contributed by atoms with Crippen molar-refractivity contribution < 1.29 is 0 Å². The van der Waals surface area contributed by atoms with Gasteiger partial charge >= 0.3 is 0 Å². The summed E-state index contributed by atoms with van der Waals surface area (Å²) < 4.78 is 2.51. The zero-order valence-electron chi connectivity index (χ0n) is 11.4. The van der Waals surface area contributed by atoms with Crippen molar-refractivity contribution in [1.82, 2.24) is 4.98 Å². The summed E-state index contributed by atoms with van der Waals surface area (Å²) in [6.07, 6.45) is 1.97. The number of hydrogen-bond acceptors (Lipinski definition) is 3. The predicted molar refractivity (Wildman–Crippen MR) is 95.6 cm³/mol. The van der Waals surface area contributed by atoms with E-state index in [1.165, 1.54) is 25.1 Å². The molecule has 3 rings (SSSR count). The number of halogens is 1. The van der Waals surface area contributed by atoms with Crippen molar-refractivity contribution in [2.75, 3.05) is 5.32 Å². The van der Waals surface area contributed by atoms with Crippen LogP contribution in [0.15, 0.2) is 41.9 Å². The fourth-order valence-corrected chi connectivity index (χ4v) is 3.64. The minimum Gasteiger partial charge on any atom is -0.378 e. The highest BCUT2D eigenvalue weighted by Gasteiger charge is 2.09. The highest BCUT2D eigenvalue weighted by molar-refractivity contribution is 14.1. The average molecular weight is 394 g/mol. The van der Waals surface area contributed by atoms with Crippen LogP contribution in [0.25, 0.3) is 10.2 Å². The molecule has 1 atom stereocenters. The van der Waals surface area contributed by atoms with Crippen LogP contribution in [0, 0.1) is 10.5 Å². The number of thiophene rings is 1. The van der Waals surface area contributed by atoms with E-state index in [1.807, 2.05) is 6.20 Å². The number of nitrogens with one attached hydrogen (secondary N) is 1. The van der Waals surface area contributed by atoms with Gasteiger partial charge in [0.1, 0.15) is 0 Å². The maximum Gasteiger partial charge on any atom is 0.0809 e. The molecule has 102 valence electrons. The molecule has 1 aromatic carbocycles. The number of benzene rings is 1. The molecule has 2 aromatic heterocycles. The number of aromatic nitrogens is 1. The van der Waals surface area contributed by atoms with Crippen molar-refractivity contribution in [1.29, 1.82) is 0 Å². The van der Waals surface area contributed by atoms with Crippen LogP contribution in [0.2, 0.25) is 0 Å². The minimum absolute atomic E-state index is 0.243. The highest BCUT2D eigenvalue weighted by Crippen LogP contribution is 2.26. The maximum atomic E-state index is 4.51. The second kappa shape index (κ2) is 5.69. The number of rotatable bonds is 3. The van der Waals surface area contributed by atoms with Crippen LogP contribution < -0.4 is 5.32 Å². The fourth-order valence-electron chi connectivity index (χ4n) is 2.20. The van der Waals surface area contributed by atoms with Crippen LogP contribution in [-0.2, 0) is 0 Å². The van der Waals surface area contributed by atoms with Crippen LogP contribution in [0.5, 0.6) is 0 Å². The average Bonchev–Trinajstić information content (AvgIpc) is 2.89. The number of anilines is 1. The fraction of sp³-hybridized carbons (Fsp3) is 0.188. The second-order valence-electron chi connectivity index (χ2n) is 4.90. The smallest absolute Gasteiger partial charge is 0.0809 e. The van der Waals surface area contributed by atoms with E-state index in [2.05, 4.69) is 82.5 Å². The van der Waals surface area contributed by atoms with E-state index < -0.39 is 0 Å². The molecule has 4 heteroatoms. The normalized spacial score (nSPS) is 12.6. The first-order valence-electron chi connectivity index (χ1n) is 6.49. The van der Waals surface area contributed by atoms with Gasteiger partial charge in [-0.25, -0.2) is 0 Å². The van der Waals surface area contributed by atoms with Gasteiger partial charge in [0, 0.05) is 15.5 Å². The third kappa shape index (κ3) is 2.81. The zero-order chi connectivity index (χ0) is 14.1. The Morgan fingerprint density at radius 1 is 1.25 bits per heavy atom.